The lowest BCUT2D eigenvalue weighted by atomic mass is 10.0. The molecule has 0 spiro atoms. The molecule has 0 aliphatic carbocycles. The first kappa shape index (κ1) is 33.3. The van der Waals surface area contributed by atoms with Crippen LogP contribution in [-0.4, -0.2) is 55.6 Å². The third kappa shape index (κ3) is 8.30. The van der Waals surface area contributed by atoms with Gasteiger partial charge >= 0.3 is 0 Å². The third-order valence-corrected chi connectivity index (χ3v) is 9.51. The van der Waals surface area contributed by atoms with Crippen molar-refractivity contribution in [3.05, 3.63) is 82.9 Å². The first-order valence-electron chi connectivity index (χ1n) is 14.5. The van der Waals surface area contributed by atoms with Crippen LogP contribution in [-0.2, 0) is 15.8 Å². The summed E-state index contributed by atoms with van der Waals surface area (Å²) in [5.41, 5.74) is 2.85. The van der Waals surface area contributed by atoms with Gasteiger partial charge in [0, 0.05) is 29.0 Å². The van der Waals surface area contributed by atoms with Crippen LogP contribution in [0, 0.1) is 17.7 Å². The zero-order valence-electron chi connectivity index (χ0n) is 25.9. The minimum Gasteiger partial charge on any atom is -0.496 e. The molecule has 7 nitrogen and oxygen atoms in total. The van der Waals surface area contributed by atoms with Crippen LogP contribution in [0.3, 0.4) is 0 Å². The van der Waals surface area contributed by atoms with Crippen LogP contribution in [0.1, 0.15) is 38.7 Å². The molecule has 10 heteroatoms. The maximum absolute atomic E-state index is 14.9. The summed E-state index contributed by atoms with van der Waals surface area (Å²) in [7, 11) is -1.08. The van der Waals surface area contributed by atoms with Gasteiger partial charge in [-0.15, -0.1) is 0 Å². The van der Waals surface area contributed by atoms with E-state index in [9.17, 15) is 13.8 Å². The number of likely N-dealkylation sites (tertiary alicyclic amines) is 1. The number of hydrogen-bond donors (Lipinski definition) is 2. The standard InChI is InChI=1S/C34H39ClFN4O3P/c1-23-19-29(38-28-11-7-8-12-32(28)44(5,6)42)25(35)22-37-27(23)14-13-24-20-30(26(36)21-31(24)43-4)39-33(41)15-16-34(2,3)40-17-9-10-18-40/h7-8,11-12,19-22,38H,1,9-10,13-14,17-18H2,2-6H3,(H,39,41). The van der Waals surface area contributed by atoms with Gasteiger partial charge in [-0.1, -0.05) is 36.2 Å². The highest BCUT2D eigenvalue weighted by atomic mass is 35.5. The van der Waals surface area contributed by atoms with Crippen molar-refractivity contribution in [2.75, 3.05) is 44.2 Å². The lowest BCUT2D eigenvalue weighted by Crippen LogP contribution is -2.40. The Morgan fingerprint density at radius 1 is 1.18 bits per heavy atom. The van der Waals surface area contributed by atoms with E-state index in [2.05, 4.69) is 38.9 Å². The molecule has 0 radical (unpaired) electrons. The first-order chi connectivity index (χ1) is 20.8. The number of carbonyl (C=O) groups is 1. The van der Waals surface area contributed by atoms with Gasteiger partial charge in [-0.2, -0.15) is 0 Å². The number of nitrogens with one attached hydrogen (secondary N) is 2. The molecule has 1 fully saturated rings. The van der Waals surface area contributed by atoms with Crippen molar-refractivity contribution in [3.63, 3.8) is 0 Å². The van der Waals surface area contributed by atoms with Crippen molar-refractivity contribution in [1.29, 1.82) is 0 Å². The number of halogens is 2. The number of para-hydroxylation sites is 1. The highest BCUT2D eigenvalue weighted by Crippen LogP contribution is 2.38. The lowest BCUT2D eigenvalue weighted by Gasteiger charge is -2.30. The molecular weight excluding hydrogens is 598 g/mol. The van der Waals surface area contributed by atoms with Crippen molar-refractivity contribution in [1.82, 2.24) is 4.90 Å². The van der Waals surface area contributed by atoms with E-state index in [0.29, 0.717) is 57.2 Å². The Hall–Kier alpha value is -3.63. The number of allylic oxidation sites excluding steroid dienone is 3. The van der Waals surface area contributed by atoms with Crippen LogP contribution >= 0.6 is 18.7 Å². The minimum absolute atomic E-state index is 0.0258. The van der Waals surface area contributed by atoms with Crippen LogP contribution in [0.15, 0.2) is 76.5 Å². The summed E-state index contributed by atoms with van der Waals surface area (Å²) in [5.74, 6) is 4.84. The summed E-state index contributed by atoms with van der Waals surface area (Å²) in [4.78, 5) is 19.5. The summed E-state index contributed by atoms with van der Waals surface area (Å²) in [5, 5.41) is 6.98. The van der Waals surface area contributed by atoms with Gasteiger partial charge in [-0.3, -0.25) is 14.7 Å². The van der Waals surface area contributed by atoms with Gasteiger partial charge in [-0.05, 0) is 107 Å². The summed E-state index contributed by atoms with van der Waals surface area (Å²) >= 11 is 6.57. The number of anilines is 2. The normalized spacial score (nSPS) is 15.8. The molecule has 2 N–H and O–H groups in total. The van der Waals surface area contributed by atoms with Gasteiger partial charge in [0.1, 0.15) is 18.7 Å². The van der Waals surface area contributed by atoms with Crippen molar-refractivity contribution < 1.29 is 18.5 Å². The molecule has 44 heavy (non-hydrogen) atoms. The van der Waals surface area contributed by atoms with Crippen LogP contribution < -0.4 is 20.7 Å². The highest BCUT2D eigenvalue weighted by molar-refractivity contribution is 7.70. The number of amides is 1. The van der Waals surface area contributed by atoms with E-state index < -0.39 is 24.4 Å². The Morgan fingerprint density at radius 2 is 1.89 bits per heavy atom. The number of ether oxygens (including phenoxy) is 1. The van der Waals surface area contributed by atoms with Crippen molar-refractivity contribution in [3.8, 4) is 17.6 Å². The number of benzene rings is 2. The Labute approximate surface area is 264 Å². The maximum Gasteiger partial charge on any atom is 0.300 e. The first-order valence-corrected chi connectivity index (χ1v) is 17.5. The largest absolute Gasteiger partial charge is 0.496 e. The van der Waals surface area contributed by atoms with Gasteiger partial charge in [0.25, 0.3) is 5.91 Å². The molecule has 0 bridgehead atoms. The van der Waals surface area contributed by atoms with E-state index in [1.165, 1.54) is 13.2 Å². The van der Waals surface area contributed by atoms with E-state index in [4.69, 9.17) is 16.3 Å². The molecule has 1 amide bonds. The monoisotopic (exact) mass is 636 g/mol. The van der Waals surface area contributed by atoms with Crippen LogP contribution in [0.25, 0.3) is 0 Å². The van der Waals surface area contributed by atoms with Crippen molar-refractivity contribution in [2.45, 2.75) is 45.1 Å². The van der Waals surface area contributed by atoms with E-state index in [1.807, 2.05) is 38.1 Å². The zero-order chi connectivity index (χ0) is 32.1. The Kier molecular flexibility index (Phi) is 10.6. The van der Waals surface area contributed by atoms with Crippen LogP contribution in [0.5, 0.6) is 5.75 Å². The fourth-order valence-electron chi connectivity index (χ4n) is 5.18. The van der Waals surface area contributed by atoms with Gasteiger partial charge in [0.05, 0.1) is 29.1 Å². The number of hydrogen-bond acceptors (Lipinski definition) is 6. The predicted octanol–water partition coefficient (Wildman–Crippen LogP) is 6.92. The lowest BCUT2D eigenvalue weighted by molar-refractivity contribution is -0.111. The molecule has 0 saturated carbocycles. The van der Waals surface area contributed by atoms with Crippen LogP contribution in [0.2, 0.25) is 0 Å². The molecule has 0 unspecified atom stereocenters. The molecular formula is C34H39ClFN4O3P. The average Bonchev–Trinajstić information content (AvgIpc) is 3.49. The Morgan fingerprint density at radius 3 is 2.57 bits per heavy atom. The molecule has 1 saturated heterocycles. The Bertz CT molecular complexity index is 1660. The minimum atomic E-state index is -2.54. The topological polar surface area (TPSA) is 83.0 Å². The molecule has 2 aromatic rings. The second-order valence-corrected chi connectivity index (χ2v) is 15.3. The van der Waals surface area contributed by atoms with E-state index in [0.717, 1.165) is 25.9 Å². The SMILES string of the molecule is C=C1C=C(Nc2ccccc2P(C)(C)=O)C(Cl)=CN=C1CCc1cc(NC(=O)C#CC(C)(C)N2CCCC2)c(F)cc1OC. The van der Waals surface area contributed by atoms with E-state index in [1.54, 1.807) is 31.7 Å². The number of carbonyl (C=O) groups excluding carboxylic acids is 1. The van der Waals surface area contributed by atoms with Gasteiger partial charge < -0.3 is 19.9 Å². The van der Waals surface area contributed by atoms with Gasteiger partial charge in [0.15, 0.2) is 0 Å². The van der Waals surface area contributed by atoms with Crippen molar-refractivity contribution in [2.24, 2.45) is 4.99 Å². The quantitative estimate of drug-likeness (QED) is 0.231. The number of aryl methyl sites for hydroxylation is 1. The van der Waals surface area contributed by atoms with Crippen molar-refractivity contribution >= 4 is 47.0 Å². The van der Waals surface area contributed by atoms with E-state index >= 15 is 0 Å². The molecule has 2 aromatic carbocycles. The fourth-order valence-corrected chi connectivity index (χ4v) is 6.49. The molecule has 2 aliphatic heterocycles. The predicted molar refractivity (Wildman–Crippen MR) is 180 cm³/mol. The summed E-state index contributed by atoms with van der Waals surface area (Å²) in [6.07, 6.45) is 6.45. The number of rotatable bonds is 9. The Balaban J connectivity index is 1.48. The number of aliphatic imine (C=N–C) groups is 1. The summed E-state index contributed by atoms with van der Waals surface area (Å²) in [6.45, 7) is 13.5. The summed E-state index contributed by atoms with van der Waals surface area (Å²) < 4.78 is 33.2. The summed E-state index contributed by atoms with van der Waals surface area (Å²) in [6, 6.07) is 10.2. The molecule has 2 aliphatic rings. The maximum atomic E-state index is 14.9. The molecule has 2 heterocycles. The fraction of sp³-hybridized carbons (Fsp3) is 0.353. The number of nitrogens with zero attached hydrogens (tertiary/aromatic N) is 2. The molecule has 0 atom stereocenters. The number of methoxy groups -OCH3 is 1. The molecule has 4 rings (SSSR count). The van der Waals surface area contributed by atoms with E-state index in [-0.39, 0.29) is 5.69 Å². The average molecular weight is 637 g/mol. The second-order valence-electron chi connectivity index (χ2n) is 11.7. The molecule has 0 aromatic heterocycles. The zero-order valence-corrected chi connectivity index (χ0v) is 27.5. The van der Waals surface area contributed by atoms with Crippen LogP contribution in [0.4, 0.5) is 15.8 Å². The molecule has 232 valence electrons. The smallest absolute Gasteiger partial charge is 0.300 e. The van der Waals surface area contributed by atoms with Gasteiger partial charge in [-0.25, -0.2) is 4.39 Å². The highest BCUT2D eigenvalue weighted by Gasteiger charge is 2.27. The van der Waals surface area contributed by atoms with Gasteiger partial charge in [0.2, 0.25) is 0 Å². The third-order valence-electron chi connectivity index (χ3n) is 7.66. The second kappa shape index (κ2) is 14.0.